The maximum absolute atomic E-state index is 11.6. The van der Waals surface area contributed by atoms with Crippen LogP contribution in [0.2, 0.25) is 0 Å². The van der Waals surface area contributed by atoms with Crippen LogP contribution in [-0.2, 0) is 0 Å². The molecule has 5 nitrogen and oxygen atoms in total. The number of aliphatic hydroxyl groups excluding tert-OH is 1. The fourth-order valence-electron chi connectivity index (χ4n) is 1.59. The maximum atomic E-state index is 11.6. The van der Waals surface area contributed by atoms with Gasteiger partial charge in [0.15, 0.2) is 0 Å². The van der Waals surface area contributed by atoms with Crippen molar-refractivity contribution in [2.24, 2.45) is 0 Å². The van der Waals surface area contributed by atoms with Crippen LogP contribution in [0.3, 0.4) is 0 Å². The van der Waals surface area contributed by atoms with Gasteiger partial charge in [-0.05, 0) is 36.8 Å². The molecule has 0 aliphatic heterocycles. The topological polar surface area (TPSA) is 67.2 Å². The molecule has 1 aromatic carbocycles. The summed E-state index contributed by atoms with van der Waals surface area (Å²) in [4.78, 5) is 11.6. The number of aryl methyl sites for hydroxylation is 1. The van der Waals surface area contributed by atoms with Crippen LogP contribution in [0.25, 0.3) is 5.69 Å². The van der Waals surface area contributed by atoms with Gasteiger partial charge in [0.05, 0.1) is 18.5 Å². The van der Waals surface area contributed by atoms with E-state index >= 15 is 0 Å². The van der Waals surface area contributed by atoms with Crippen molar-refractivity contribution in [3.63, 3.8) is 0 Å². The van der Waals surface area contributed by atoms with Crippen LogP contribution in [0.4, 0.5) is 0 Å². The number of hydrogen-bond acceptors (Lipinski definition) is 3. The minimum absolute atomic E-state index is 0.0591. The van der Waals surface area contributed by atoms with Gasteiger partial charge in [-0.25, -0.2) is 4.68 Å². The number of amides is 1. The molecule has 2 rings (SSSR count). The van der Waals surface area contributed by atoms with Crippen molar-refractivity contribution in [3.05, 3.63) is 47.8 Å². The molecule has 5 heteroatoms. The Labute approximate surface area is 105 Å². The molecule has 0 radical (unpaired) electrons. The van der Waals surface area contributed by atoms with Gasteiger partial charge < -0.3 is 10.4 Å². The normalized spacial score (nSPS) is 10.3. The monoisotopic (exact) mass is 245 g/mol. The quantitative estimate of drug-likeness (QED) is 0.841. The van der Waals surface area contributed by atoms with Gasteiger partial charge >= 0.3 is 0 Å². The first-order valence-electron chi connectivity index (χ1n) is 5.71. The molecule has 0 aliphatic carbocycles. The highest BCUT2D eigenvalue weighted by Crippen LogP contribution is 2.09. The van der Waals surface area contributed by atoms with Crippen molar-refractivity contribution in [1.82, 2.24) is 15.1 Å². The summed E-state index contributed by atoms with van der Waals surface area (Å²) in [6.45, 7) is 2.18. The first-order chi connectivity index (χ1) is 8.70. The maximum Gasteiger partial charge on any atom is 0.251 e. The zero-order chi connectivity index (χ0) is 13.0. The summed E-state index contributed by atoms with van der Waals surface area (Å²) in [5.41, 5.74) is 2.55. The van der Waals surface area contributed by atoms with E-state index in [-0.39, 0.29) is 19.1 Å². The lowest BCUT2D eigenvalue weighted by molar-refractivity contribution is 0.0945. The zero-order valence-corrected chi connectivity index (χ0v) is 10.1. The Morgan fingerprint density at radius 1 is 1.39 bits per heavy atom. The number of benzene rings is 1. The number of carbonyl (C=O) groups excluding carboxylic acids is 1. The minimum atomic E-state index is -0.188. The summed E-state index contributed by atoms with van der Waals surface area (Å²) >= 11 is 0. The van der Waals surface area contributed by atoms with E-state index in [1.807, 2.05) is 25.3 Å². The van der Waals surface area contributed by atoms with E-state index in [0.717, 1.165) is 11.3 Å². The Hall–Kier alpha value is -2.14. The predicted octanol–water partition coefficient (Wildman–Crippen LogP) is 0.903. The van der Waals surface area contributed by atoms with Crippen LogP contribution < -0.4 is 5.32 Å². The zero-order valence-electron chi connectivity index (χ0n) is 10.1. The van der Waals surface area contributed by atoms with E-state index in [4.69, 9.17) is 5.11 Å². The summed E-state index contributed by atoms with van der Waals surface area (Å²) in [5, 5.41) is 15.4. The lowest BCUT2D eigenvalue weighted by Crippen LogP contribution is -2.26. The number of carbonyl (C=O) groups is 1. The standard InChI is InChI=1S/C13H15N3O2/c1-10-8-15-16(9-10)12-4-2-11(3-5-12)13(18)14-6-7-17/h2-5,8-9,17H,6-7H2,1H3,(H,14,18). The molecule has 2 N–H and O–H groups in total. The molecule has 0 saturated heterocycles. The largest absolute Gasteiger partial charge is 0.395 e. The highest BCUT2D eigenvalue weighted by molar-refractivity contribution is 5.94. The molecular weight excluding hydrogens is 230 g/mol. The van der Waals surface area contributed by atoms with Gasteiger partial charge in [0.1, 0.15) is 0 Å². The van der Waals surface area contributed by atoms with E-state index < -0.39 is 0 Å². The molecule has 0 bridgehead atoms. The lowest BCUT2D eigenvalue weighted by Gasteiger charge is -2.05. The molecule has 0 aliphatic rings. The third kappa shape index (κ3) is 2.75. The van der Waals surface area contributed by atoms with Gasteiger partial charge in [0, 0.05) is 18.3 Å². The summed E-state index contributed by atoms with van der Waals surface area (Å²) in [6, 6.07) is 7.14. The summed E-state index contributed by atoms with van der Waals surface area (Å²) in [5.74, 6) is -0.188. The summed E-state index contributed by atoms with van der Waals surface area (Å²) < 4.78 is 1.75. The smallest absolute Gasteiger partial charge is 0.251 e. The molecule has 1 amide bonds. The Morgan fingerprint density at radius 2 is 2.11 bits per heavy atom. The van der Waals surface area contributed by atoms with E-state index in [0.29, 0.717) is 5.56 Å². The van der Waals surface area contributed by atoms with E-state index in [1.54, 1.807) is 23.0 Å². The molecule has 1 heterocycles. The molecule has 0 unspecified atom stereocenters. The van der Waals surface area contributed by atoms with Gasteiger partial charge in [0.25, 0.3) is 5.91 Å². The van der Waals surface area contributed by atoms with Crippen LogP contribution in [0.5, 0.6) is 0 Å². The van der Waals surface area contributed by atoms with Crippen LogP contribution in [-0.4, -0.2) is 33.9 Å². The Kier molecular flexibility index (Phi) is 3.74. The number of aromatic nitrogens is 2. The van der Waals surface area contributed by atoms with Crippen LogP contribution in [0.1, 0.15) is 15.9 Å². The van der Waals surface area contributed by atoms with Crippen molar-refractivity contribution in [2.45, 2.75) is 6.92 Å². The molecular formula is C13H15N3O2. The molecule has 18 heavy (non-hydrogen) atoms. The average Bonchev–Trinajstić information content (AvgIpc) is 2.83. The third-order valence-electron chi connectivity index (χ3n) is 2.50. The van der Waals surface area contributed by atoms with E-state index in [1.165, 1.54) is 0 Å². The average molecular weight is 245 g/mol. The second-order valence-corrected chi connectivity index (χ2v) is 3.99. The molecule has 0 spiro atoms. The van der Waals surface area contributed by atoms with Gasteiger partial charge in [-0.15, -0.1) is 0 Å². The van der Waals surface area contributed by atoms with Gasteiger partial charge in [0.2, 0.25) is 0 Å². The second-order valence-electron chi connectivity index (χ2n) is 3.99. The van der Waals surface area contributed by atoms with Crippen molar-refractivity contribution < 1.29 is 9.90 Å². The van der Waals surface area contributed by atoms with Crippen molar-refractivity contribution in [2.75, 3.05) is 13.2 Å². The van der Waals surface area contributed by atoms with Gasteiger partial charge in [-0.2, -0.15) is 5.10 Å². The van der Waals surface area contributed by atoms with Crippen LogP contribution in [0, 0.1) is 6.92 Å². The van der Waals surface area contributed by atoms with Crippen molar-refractivity contribution in [3.8, 4) is 5.69 Å². The third-order valence-corrected chi connectivity index (χ3v) is 2.50. The first kappa shape index (κ1) is 12.3. The van der Waals surface area contributed by atoms with Gasteiger partial charge in [-0.3, -0.25) is 4.79 Å². The Balaban J connectivity index is 2.12. The Morgan fingerprint density at radius 3 is 2.67 bits per heavy atom. The van der Waals surface area contributed by atoms with Crippen molar-refractivity contribution in [1.29, 1.82) is 0 Å². The first-order valence-corrected chi connectivity index (χ1v) is 5.71. The Bertz CT molecular complexity index is 531. The number of rotatable bonds is 4. The molecule has 1 aromatic heterocycles. The molecule has 0 saturated carbocycles. The molecule has 2 aromatic rings. The number of nitrogens with zero attached hydrogens (tertiary/aromatic N) is 2. The predicted molar refractivity (Wildman–Crippen MR) is 67.7 cm³/mol. The number of hydrogen-bond donors (Lipinski definition) is 2. The summed E-state index contributed by atoms with van der Waals surface area (Å²) in [7, 11) is 0. The van der Waals surface area contributed by atoms with E-state index in [9.17, 15) is 4.79 Å². The fourth-order valence-corrected chi connectivity index (χ4v) is 1.59. The van der Waals surface area contributed by atoms with Crippen LogP contribution in [0.15, 0.2) is 36.7 Å². The highest BCUT2D eigenvalue weighted by atomic mass is 16.3. The SMILES string of the molecule is Cc1cnn(-c2ccc(C(=O)NCCO)cc2)c1. The number of aliphatic hydroxyl groups is 1. The highest BCUT2D eigenvalue weighted by Gasteiger charge is 2.05. The lowest BCUT2D eigenvalue weighted by atomic mass is 10.2. The minimum Gasteiger partial charge on any atom is -0.395 e. The van der Waals surface area contributed by atoms with E-state index in [2.05, 4.69) is 10.4 Å². The second kappa shape index (κ2) is 5.46. The molecule has 0 fully saturated rings. The van der Waals surface area contributed by atoms with Gasteiger partial charge in [-0.1, -0.05) is 0 Å². The summed E-state index contributed by atoms with van der Waals surface area (Å²) in [6.07, 6.45) is 3.70. The van der Waals surface area contributed by atoms with Crippen molar-refractivity contribution >= 4 is 5.91 Å². The fraction of sp³-hybridized carbons (Fsp3) is 0.231. The van der Waals surface area contributed by atoms with Crippen LogP contribution >= 0.6 is 0 Å². The molecule has 94 valence electrons. The number of nitrogens with one attached hydrogen (secondary N) is 1. The molecule has 0 atom stereocenters.